The predicted octanol–water partition coefficient (Wildman–Crippen LogP) is 1.05. The molecule has 0 aromatic heterocycles. The average Bonchev–Trinajstić information content (AvgIpc) is 2.33. The topological polar surface area (TPSA) is 24.8 Å². The molecule has 0 saturated heterocycles. The van der Waals surface area contributed by atoms with Crippen molar-refractivity contribution in [2.75, 3.05) is 39.9 Å². The molecule has 1 rings (SSSR count). The van der Waals surface area contributed by atoms with E-state index >= 15 is 0 Å². The number of hydrogen-bond donors (Lipinski definition) is 0. The van der Waals surface area contributed by atoms with E-state index < -0.39 is 0 Å². The van der Waals surface area contributed by atoms with Gasteiger partial charge in [-0.25, -0.2) is 0 Å². The average molecular weight is 184 g/mol. The molecule has 3 heteroatoms. The minimum atomic E-state index is 0.485. The van der Waals surface area contributed by atoms with Gasteiger partial charge in [-0.2, -0.15) is 0 Å². The van der Waals surface area contributed by atoms with Gasteiger partial charge in [0.15, 0.2) is 0 Å². The van der Waals surface area contributed by atoms with E-state index in [-0.39, 0.29) is 0 Å². The monoisotopic (exact) mass is 184 g/mol. The second kappa shape index (κ2) is 6.11. The first-order valence-corrected chi connectivity index (χ1v) is 5.09. The van der Waals surface area contributed by atoms with Crippen molar-refractivity contribution in [2.24, 2.45) is 10.9 Å². The van der Waals surface area contributed by atoms with E-state index in [1.165, 1.54) is 6.42 Å². The van der Waals surface area contributed by atoms with Crippen molar-refractivity contribution in [3.05, 3.63) is 0 Å². The predicted molar refractivity (Wildman–Crippen MR) is 55.5 cm³/mol. The molecule has 76 valence electrons. The summed E-state index contributed by atoms with van der Waals surface area (Å²) in [4.78, 5) is 6.63. The highest BCUT2D eigenvalue weighted by Crippen LogP contribution is 2.01. The van der Waals surface area contributed by atoms with Crippen molar-refractivity contribution in [3.63, 3.8) is 0 Å². The normalized spacial score (nSPS) is 23.5. The molecule has 0 N–H and O–H groups in total. The summed E-state index contributed by atoms with van der Waals surface area (Å²) in [6, 6.07) is 0. The van der Waals surface area contributed by atoms with Crippen molar-refractivity contribution in [3.8, 4) is 0 Å². The van der Waals surface area contributed by atoms with Crippen LogP contribution in [-0.4, -0.2) is 51.0 Å². The fraction of sp³-hybridized carbons (Fsp3) is 0.900. The van der Waals surface area contributed by atoms with Crippen molar-refractivity contribution in [1.29, 1.82) is 0 Å². The van der Waals surface area contributed by atoms with Gasteiger partial charge in [-0.3, -0.25) is 4.99 Å². The number of hydrogen-bond acceptors (Lipinski definition) is 3. The zero-order valence-electron chi connectivity index (χ0n) is 8.70. The Hall–Kier alpha value is -0.410. The van der Waals surface area contributed by atoms with Crippen LogP contribution >= 0.6 is 0 Å². The van der Waals surface area contributed by atoms with Gasteiger partial charge in [0, 0.05) is 18.7 Å². The van der Waals surface area contributed by atoms with Gasteiger partial charge in [-0.1, -0.05) is 6.92 Å². The van der Waals surface area contributed by atoms with Crippen molar-refractivity contribution in [1.82, 2.24) is 4.90 Å². The Morgan fingerprint density at radius 3 is 3.23 bits per heavy atom. The molecule has 3 nitrogen and oxygen atoms in total. The van der Waals surface area contributed by atoms with Crippen LogP contribution in [0, 0.1) is 5.92 Å². The highest BCUT2D eigenvalue weighted by molar-refractivity contribution is 5.61. The lowest BCUT2D eigenvalue weighted by molar-refractivity contribution is 0.119. The molecular formula is C10H20N2O. The SMILES string of the molecule is CCCN(C)CC1C=NCCOC1. The molecule has 1 heterocycles. The summed E-state index contributed by atoms with van der Waals surface area (Å²) in [7, 11) is 2.15. The van der Waals surface area contributed by atoms with E-state index in [9.17, 15) is 0 Å². The van der Waals surface area contributed by atoms with E-state index in [0.29, 0.717) is 5.92 Å². The summed E-state index contributed by atoms with van der Waals surface area (Å²) in [5, 5.41) is 0. The summed E-state index contributed by atoms with van der Waals surface area (Å²) in [5.74, 6) is 0.485. The molecule has 0 aromatic carbocycles. The summed E-state index contributed by atoms with van der Waals surface area (Å²) in [6.45, 7) is 6.87. The molecule has 0 amide bonds. The molecule has 0 aliphatic carbocycles. The lowest BCUT2D eigenvalue weighted by Crippen LogP contribution is -2.29. The molecule has 0 saturated carbocycles. The summed E-state index contributed by atoms with van der Waals surface area (Å²) < 4.78 is 5.43. The lowest BCUT2D eigenvalue weighted by Gasteiger charge is -2.19. The minimum Gasteiger partial charge on any atom is -0.379 e. The number of ether oxygens (including phenoxy) is 1. The van der Waals surface area contributed by atoms with Crippen molar-refractivity contribution in [2.45, 2.75) is 13.3 Å². The Balaban J connectivity index is 2.25. The van der Waals surface area contributed by atoms with Gasteiger partial charge in [0.2, 0.25) is 0 Å². The van der Waals surface area contributed by atoms with Gasteiger partial charge in [0.1, 0.15) is 0 Å². The molecule has 0 bridgehead atoms. The van der Waals surface area contributed by atoms with Crippen LogP contribution in [0.3, 0.4) is 0 Å². The standard InChI is InChI=1S/C10H20N2O/c1-3-5-12(2)8-10-7-11-4-6-13-9-10/h7,10H,3-6,8-9H2,1-2H3. The summed E-state index contributed by atoms with van der Waals surface area (Å²) in [5.41, 5.74) is 0. The van der Waals surface area contributed by atoms with Crippen LogP contribution in [0.5, 0.6) is 0 Å². The second-order valence-corrected chi connectivity index (χ2v) is 3.65. The first-order valence-electron chi connectivity index (χ1n) is 5.09. The van der Waals surface area contributed by atoms with Gasteiger partial charge in [-0.05, 0) is 20.0 Å². The molecule has 0 radical (unpaired) electrons. The maximum atomic E-state index is 5.43. The molecule has 0 fully saturated rings. The Kier molecular flexibility index (Phi) is 5.01. The third-order valence-corrected chi connectivity index (χ3v) is 2.16. The van der Waals surface area contributed by atoms with E-state index in [4.69, 9.17) is 4.74 Å². The van der Waals surface area contributed by atoms with E-state index in [2.05, 4.69) is 30.1 Å². The number of rotatable bonds is 4. The minimum absolute atomic E-state index is 0.485. The maximum absolute atomic E-state index is 5.43. The van der Waals surface area contributed by atoms with Gasteiger partial charge < -0.3 is 9.64 Å². The largest absolute Gasteiger partial charge is 0.379 e. The zero-order valence-corrected chi connectivity index (χ0v) is 8.70. The van der Waals surface area contributed by atoms with E-state index in [1.807, 2.05) is 0 Å². The van der Waals surface area contributed by atoms with Gasteiger partial charge in [-0.15, -0.1) is 0 Å². The smallest absolute Gasteiger partial charge is 0.0662 e. The highest BCUT2D eigenvalue weighted by atomic mass is 16.5. The van der Waals surface area contributed by atoms with Crippen LogP contribution in [0.15, 0.2) is 4.99 Å². The first kappa shape index (κ1) is 10.7. The third kappa shape index (κ3) is 4.39. The third-order valence-electron chi connectivity index (χ3n) is 2.16. The van der Waals surface area contributed by atoms with Crippen LogP contribution in [0.4, 0.5) is 0 Å². The second-order valence-electron chi connectivity index (χ2n) is 3.65. The molecule has 13 heavy (non-hydrogen) atoms. The van der Waals surface area contributed by atoms with Crippen LogP contribution < -0.4 is 0 Å². The Bertz CT molecular complexity index is 159. The fourth-order valence-electron chi connectivity index (χ4n) is 1.59. The Labute approximate surface area is 80.8 Å². The Morgan fingerprint density at radius 1 is 1.62 bits per heavy atom. The number of aliphatic imine (C=N–C) groups is 1. The summed E-state index contributed by atoms with van der Waals surface area (Å²) >= 11 is 0. The quantitative estimate of drug-likeness (QED) is 0.652. The van der Waals surface area contributed by atoms with Crippen LogP contribution in [0.1, 0.15) is 13.3 Å². The van der Waals surface area contributed by atoms with Crippen LogP contribution in [0.2, 0.25) is 0 Å². The zero-order chi connectivity index (χ0) is 9.52. The molecule has 1 aliphatic rings. The maximum Gasteiger partial charge on any atom is 0.0662 e. The first-order chi connectivity index (χ1) is 6.33. The molecular weight excluding hydrogens is 164 g/mol. The fourth-order valence-corrected chi connectivity index (χ4v) is 1.59. The van der Waals surface area contributed by atoms with Gasteiger partial charge in [0.25, 0.3) is 0 Å². The Morgan fingerprint density at radius 2 is 2.46 bits per heavy atom. The summed E-state index contributed by atoms with van der Waals surface area (Å²) in [6.07, 6.45) is 3.26. The highest BCUT2D eigenvalue weighted by Gasteiger charge is 2.10. The van der Waals surface area contributed by atoms with E-state index in [0.717, 1.165) is 32.8 Å². The van der Waals surface area contributed by atoms with Gasteiger partial charge in [0.05, 0.1) is 19.8 Å². The molecule has 0 aromatic rings. The van der Waals surface area contributed by atoms with Gasteiger partial charge >= 0.3 is 0 Å². The molecule has 1 aliphatic heterocycles. The molecule has 1 unspecified atom stereocenters. The van der Waals surface area contributed by atoms with Crippen molar-refractivity contribution < 1.29 is 4.74 Å². The van der Waals surface area contributed by atoms with Crippen LogP contribution in [-0.2, 0) is 4.74 Å². The molecule has 0 spiro atoms. The molecule has 1 atom stereocenters. The lowest BCUT2D eigenvalue weighted by atomic mass is 10.1. The van der Waals surface area contributed by atoms with Crippen LogP contribution in [0.25, 0.3) is 0 Å². The van der Waals surface area contributed by atoms with Crippen molar-refractivity contribution >= 4 is 6.21 Å². The number of nitrogens with zero attached hydrogens (tertiary/aromatic N) is 2. The van der Waals surface area contributed by atoms with E-state index in [1.54, 1.807) is 0 Å².